The Hall–Kier alpha value is -4.12. The Bertz CT molecular complexity index is 1430. The third-order valence-corrected chi connectivity index (χ3v) is 7.88. The quantitative estimate of drug-likeness (QED) is 0.260. The van der Waals surface area contributed by atoms with Gasteiger partial charge in [-0.2, -0.15) is 0 Å². The smallest absolute Gasteiger partial charge is 0.265 e. The highest BCUT2D eigenvalue weighted by molar-refractivity contribution is 7.92. The Morgan fingerprint density at radius 2 is 1.54 bits per heavy atom. The number of nitrogens with one attached hydrogen (secondary N) is 1. The fourth-order valence-electron chi connectivity index (χ4n) is 4.15. The third-order valence-electron chi connectivity index (χ3n) is 6.12. The largest absolute Gasteiger partial charge is 0.497 e. The minimum Gasteiger partial charge on any atom is -0.497 e. The lowest BCUT2D eigenvalue weighted by Gasteiger charge is -2.26. The Balaban J connectivity index is 1.82. The molecule has 0 fully saturated rings. The van der Waals surface area contributed by atoms with Gasteiger partial charge < -0.3 is 29.0 Å². The predicted octanol–water partition coefficient (Wildman–Crippen LogP) is 4.45. The van der Waals surface area contributed by atoms with Crippen LogP contribution in [0.3, 0.4) is 0 Å². The van der Waals surface area contributed by atoms with Gasteiger partial charge in [-0.25, -0.2) is 8.42 Å². The third kappa shape index (κ3) is 8.20. The summed E-state index contributed by atoms with van der Waals surface area (Å²) in [6.45, 7) is 3.81. The van der Waals surface area contributed by atoms with Crippen molar-refractivity contribution in [1.82, 2.24) is 5.32 Å². The summed E-state index contributed by atoms with van der Waals surface area (Å²) in [7, 11) is 1.50. The molecule has 3 aromatic carbocycles. The number of ether oxygens (including phenoxy) is 5. The average Bonchev–Trinajstić information content (AvgIpc) is 2.97. The summed E-state index contributed by atoms with van der Waals surface area (Å²) >= 11 is 0. The molecule has 222 valence electrons. The zero-order chi connectivity index (χ0) is 30.0. The van der Waals surface area contributed by atoms with E-state index in [1.165, 1.54) is 52.7 Å². The van der Waals surface area contributed by atoms with E-state index in [1.807, 2.05) is 38.1 Å². The zero-order valence-electron chi connectivity index (χ0n) is 24.3. The van der Waals surface area contributed by atoms with Crippen molar-refractivity contribution < 1.29 is 36.9 Å². The van der Waals surface area contributed by atoms with Crippen LogP contribution in [-0.2, 0) is 21.2 Å². The van der Waals surface area contributed by atoms with E-state index < -0.39 is 22.5 Å². The van der Waals surface area contributed by atoms with Crippen LogP contribution in [0.4, 0.5) is 5.69 Å². The number of benzene rings is 3. The highest BCUT2D eigenvalue weighted by atomic mass is 32.2. The Morgan fingerprint density at radius 1 is 0.829 bits per heavy atom. The van der Waals surface area contributed by atoms with Crippen LogP contribution in [0.1, 0.15) is 25.8 Å². The van der Waals surface area contributed by atoms with Crippen molar-refractivity contribution in [3.05, 3.63) is 66.2 Å². The maximum atomic E-state index is 14.0. The number of rotatable bonds is 15. The molecule has 0 heterocycles. The minimum atomic E-state index is -4.27. The van der Waals surface area contributed by atoms with Crippen LogP contribution in [0.5, 0.6) is 28.7 Å². The van der Waals surface area contributed by atoms with Gasteiger partial charge in [-0.15, -0.1) is 0 Å². The molecule has 3 aromatic rings. The maximum absolute atomic E-state index is 14.0. The number of carbonyl (C=O) groups excluding carboxylic acids is 1. The fourth-order valence-corrected chi connectivity index (χ4v) is 5.59. The first-order chi connectivity index (χ1) is 19.6. The van der Waals surface area contributed by atoms with Crippen molar-refractivity contribution >= 4 is 21.6 Å². The number of carbonyl (C=O) groups is 1. The van der Waals surface area contributed by atoms with Crippen LogP contribution in [0, 0.1) is 0 Å². The molecule has 0 aliphatic rings. The Kier molecular flexibility index (Phi) is 11.1. The summed E-state index contributed by atoms with van der Waals surface area (Å²) in [5, 5.41) is 2.84. The van der Waals surface area contributed by atoms with E-state index in [9.17, 15) is 13.2 Å². The lowest BCUT2D eigenvalue weighted by Crippen LogP contribution is -2.41. The summed E-state index contributed by atoms with van der Waals surface area (Å²) in [6, 6.07) is 16.8. The second kappa shape index (κ2) is 14.5. The second-order valence-corrected chi connectivity index (χ2v) is 11.2. The average molecular weight is 587 g/mol. The minimum absolute atomic E-state index is 0.0750. The van der Waals surface area contributed by atoms with Crippen molar-refractivity contribution in [3.63, 3.8) is 0 Å². The standard InChI is InChI=1S/C30H38N2O8S/c1-21(2)40-24-11-7-9-22(17-24)10-8-16-31-30(33)20-32(26-18-23(36-3)12-14-27(26)37-4)41(34,35)25-13-15-28(38-5)29(19-25)39-6/h7,9,11-15,17-19,21H,8,10,16,20H2,1-6H3,(H,31,33). The van der Waals surface area contributed by atoms with E-state index in [-0.39, 0.29) is 28.2 Å². The molecule has 11 heteroatoms. The van der Waals surface area contributed by atoms with Gasteiger partial charge in [-0.05, 0) is 68.7 Å². The Morgan fingerprint density at radius 3 is 2.20 bits per heavy atom. The first kappa shape index (κ1) is 31.4. The van der Waals surface area contributed by atoms with Gasteiger partial charge in [-0.3, -0.25) is 9.10 Å². The van der Waals surface area contributed by atoms with Crippen molar-refractivity contribution in [3.8, 4) is 28.7 Å². The first-order valence-corrected chi connectivity index (χ1v) is 14.6. The molecule has 0 unspecified atom stereocenters. The SMILES string of the molecule is COc1ccc(OC)c(N(CC(=O)NCCCc2cccc(OC(C)C)c2)S(=O)(=O)c2ccc(OC)c(OC)c2)c1. The number of aryl methyl sites for hydroxylation is 1. The lowest BCUT2D eigenvalue weighted by molar-refractivity contribution is -0.119. The van der Waals surface area contributed by atoms with Crippen molar-refractivity contribution in [2.45, 2.75) is 37.7 Å². The number of hydrogen-bond donors (Lipinski definition) is 1. The summed E-state index contributed by atoms with van der Waals surface area (Å²) in [5.74, 6) is 1.58. The summed E-state index contributed by atoms with van der Waals surface area (Å²) in [5.41, 5.74) is 1.23. The number of nitrogens with zero attached hydrogens (tertiary/aromatic N) is 1. The highest BCUT2D eigenvalue weighted by Gasteiger charge is 2.31. The molecule has 0 saturated carbocycles. The van der Waals surface area contributed by atoms with Gasteiger partial charge in [0.05, 0.1) is 45.1 Å². The predicted molar refractivity (Wildman–Crippen MR) is 157 cm³/mol. The van der Waals surface area contributed by atoms with E-state index in [0.29, 0.717) is 30.9 Å². The lowest BCUT2D eigenvalue weighted by atomic mass is 10.1. The molecular formula is C30H38N2O8S. The monoisotopic (exact) mass is 586 g/mol. The van der Waals surface area contributed by atoms with E-state index in [4.69, 9.17) is 23.7 Å². The van der Waals surface area contributed by atoms with Crippen LogP contribution in [-0.4, -0.2) is 62.0 Å². The van der Waals surface area contributed by atoms with Crippen LogP contribution < -0.4 is 33.3 Å². The molecule has 0 bridgehead atoms. The van der Waals surface area contributed by atoms with E-state index in [0.717, 1.165) is 15.6 Å². The molecular weight excluding hydrogens is 548 g/mol. The van der Waals surface area contributed by atoms with Gasteiger partial charge >= 0.3 is 0 Å². The number of sulfonamides is 1. The number of amides is 1. The Labute approximate surface area is 242 Å². The highest BCUT2D eigenvalue weighted by Crippen LogP contribution is 2.37. The van der Waals surface area contributed by atoms with Crippen LogP contribution >= 0.6 is 0 Å². The number of hydrogen-bond acceptors (Lipinski definition) is 8. The normalized spacial score (nSPS) is 11.1. The van der Waals surface area contributed by atoms with Gasteiger partial charge in [0, 0.05) is 18.7 Å². The molecule has 0 atom stereocenters. The van der Waals surface area contributed by atoms with Crippen LogP contribution in [0.2, 0.25) is 0 Å². The van der Waals surface area contributed by atoms with Gasteiger partial charge in [0.25, 0.3) is 10.0 Å². The molecule has 0 saturated heterocycles. The molecule has 3 rings (SSSR count). The maximum Gasteiger partial charge on any atom is 0.265 e. The molecule has 1 N–H and O–H groups in total. The number of anilines is 1. The second-order valence-electron chi connectivity index (χ2n) is 9.33. The number of methoxy groups -OCH3 is 4. The summed E-state index contributed by atoms with van der Waals surface area (Å²) < 4.78 is 56.0. The molecule has 0 aliphatic heterocycles. The van der Waals surface area contributed by atoms with Gasteiger partial charge in [-0.1, -0.05) is 12.1 Å². The fraction of sp³-hybridized carbons (Fsp3) is 0.367. The van der Waals surface area contributed by atoms with E-state index in [2.05, 4.69) is 5.32 Å². The van der Waals surface area contributed by atoms with E-state index in [1.54, 1.807) is 12.1 Å². The van der Waals surface area contributed by atoms with Gasteiger partial charge in [0.15, 0.2) is 11.5 Å². The zero-order valence-corrected chi connectivity index (χ0v) is 25.1. The van der Waals surface area contributed by atoms with Crippen molar-refractivity contribution in [2.75, 3.05) is 45.8 Å². The molecule has 0 spiro atoms. The molecule has 10 nitrogen and oxygen atoms in total. The van der Waals surface area contributed by atoms with Crippen molar-refractivity contribution in [1.29, 1.82) is 0 Å². The molecule has 41 heavy (non-hydrogen) atoms. The van der Waals surface area contributed by atoms with E-state index >= 15 is 0 Å². The van der Waals surface area contributed by atoms with Crippen LogP contribution in [0.25, 0.3) is 0 Å². The summed E-state index contributed by atoms with van der Waals surface area (Å²) in [4.78, 5) is 13.0. The summed E-state index contributed by atoms with van der Waals surface area (Å²) in [6.07, 6.45) is 1.44. The molecule has 0 radical (unpaired) electrons. The van der Waals surface area contributed by atoms with Crippen LogP contribution in [0.15, 0.2) is 65.6 Å². The topological polar surface area (TPSA) is 113 Å². The molecule has 0 aliphatic carbocycles. The van der Waals surface area contributed by atoms with Gasteiger partial charge in [0.2, 0.25) is 5.91 Å². The van der Waals surface area contributed by atoms with Crippen molar-refractivity contribution in [2.24, 2.45) is 0 Å². The molecule has 1 amide bonds. The van der Waals surface area contributed by atoms with Gasteiger partial charge in [0.1, 0.15) is 23.8 Å². The first-order valence-electron chi connectivity index (χ1n) is 13.1. The molecule has 0 aromatic heterocycles.